The summed E-state index contributed by atoms with van der Waals surface area (Å²) in [6, 6.07) is 8.21. The lowest BCUT2D eigenvalue weighted by Gasteiger charge is -2.23. The van der Waals surface area contributed by atoms with Gasteiger partial charge in [-0.05, 0) is 31.0 Å². The fourth-order valence-corrected chi connectivity index (χ4v) is 1.16. The maximum absolute atomic E-state index is 5.39. The number of hydrogen-bond acceptors (Lipinski definition) is 1. The Morgan fingerprint density at radius 2 is 2.08 bits per heavy atom. The van der Waals surface area contributed by atoms with Crippen LogP contribution in [0.15, 0.2) is 30.8 Å². The van der Waals surface area contributed by atoms with Crippen molar-refractivity contribution in [3.63, 3.8) is 0 Å². The summed E-state index contributed by atoms with van der Waals surface area (Å²) in [4.78, 5) is 0. The molecule has 0 aliphatic heterocycles. The molecule has 0 bridgehead atoms. The van der Waals surface area contributed by atoms with Gasteiger partial charge in [-0.15, -0.1) is 0 Å². The van der Waals surface area contributed by atoms with E-state index in [9.17, 15) is 0 Å². The van der Waals surface area contributed by atoms with Crippen molar-refractivity contribution < 1.29 is 4.74 Å². The van der Waals surface area contributed by atoms with Gasteiger partial charge in [0.1, 0.15) is 0 Å². The van der Waals surface area contributed by atoms with Gasteiger partial charge >= 0.3 is 0 Å². The highest BCUT2D eigenvalue weighted by Crippen LogP contribution is 2.24. The third-order valence-corrected chi connectivity index (χ3v) is 2.33. The van der Waals surface area contributed by atoms with Crippen LogP contribution in [-0.2, 0) is 10.3 Å². The van der Waals surface area contributed by atoms with Crippen LogP contribution in [-0.4, -0.2) is 7.11 Å². The van der Waals surface area contributed by atoms with Crippen LogP contribution in [0.3, 0.4) is 0 Å². The number of methoxy groups -OCH3 is 1. The summed E-state index contributed by atoms with van der Waals surface area (Å²) in [6.45, 7) is 7.84. The molecule has 1 rings (SSSR count). The Kier molecular flexibility index (Phi) is 2.89. The van der Waals surface area contributed by atoms with Crippen molar-refractivity contribution in [3.05, 3.63) is 42.0 Å². The van der Waals surface area contributed by atoms with Crippen molar-refractivity contribution in [1.82, 2.24) is 0 Å². The summed E-state index contributed by atoms with van der Waals surface area (Å²) >= 11 is 0. The van der Waals surface area contributed by atoms with Gasteiger partial charge in [0.05, 0.1) is 5.60 Å². The number of hydrogen-bond donors (Lipinski definition) is 0. The van der Waals surface area contributed by atoms with E-state index < -0.39 is 0 Å². The van der Waals surface area contributed by atoms with Crippen LogP contribution in [0.4, 0.5) is 0 Å². The summed E-state index contributed by atoms with van der Waals surface area (Å²) in [5.41, 5.74) is 2.08. The first kappa shape index (κ1) is 10.0. The summed E-state index contributed by atoms with van der Waals surface area (Å²) < 4.78 is 5.39. The molecule has 0 saturated heterocycles. The molecule has 1 aromatic rings. The topological polar surface area (TPSA) is 9.23 Å². The molecule has 0 heterocycles. The Labute approximate surface area is 80.0 Å². The summed E-state index contributed by atoms with van der Waals surface area (Å²) in [5, 5.41) is 0. The van der Waals surface area contributed by atoms with E-state index in [1.54, 1.807) is 7.11 Å². The molecule has 0 amide bonds. The third kappa shape index (κ3) is 2.19. The largest absolute Gasteiger partial charge is 0.374 e. The molecule has 0 spiro atoms. The highest BCUT2D eigenvalue weighted by molar-refractivity contribution is 5.48. The minimum absolute atomic E-state index is 0.223. The van der Waals surface area contributed by atoms with E-state index in [1.165, 1.54) is 5.56 Å². The Bertz CT molecular complexity index is 300. The minimum Gasteiger partial charge on any atom is -0.374 e. The molecule has 0 aliphatic carbocycles. The summed E-state index contributed by atoms with van der Waals surface area (Å²) in [5.74, 6) is 0. The third-order valence-electron chi connectivity index (χ3n) is 2.33. The quantitative estimate of drug-likeness (QED) is 0.687. The molecule has 1 heteroatoms. The van der Waals surface area contributed by atoms with Crippen LogP contribution >= 0.6 is 0 Å². The Morgan fingerprint density at radius 1 is 1.38 bits per heavy atom. The van der Waals surface area contributed by atoms with Crippen molar-refractivity contribution in [2.75, 3.05) is 7.11 Å². The number of ether oxygens (including phenoxy) is 1. The van der Waals surface area contributed by atoms with E-state index in [-0.39, 0.29) is 5.60 Å². The second kappa shape index (κ2) is 3.75. The van der Waals surface area contributed by atoms with Gasteiger partial charge in [-0.2, -0.15) is 0 Å². The molecular formula is C12H16O. The van der Waals surface area contributed by atoms with E-state index in [0.29, 0.717) is 0 Å². The van der Waals surface area contributed by atoms with E-state index in [1.807, 2.05) is 18.2 Å². The van der Waals surface area contributed by atoms with Gasteiger partial charge in [0.15, 0.2) is 0 Å². The standard InChI is InChI=1S/C12H16O/c1-5-10-7-6-8-11(9-10)12(2,3)13-4/h5-9H,1H2,2-4H3. The summed E-state index contributed by atoms with van der Waals surface area (Å²) in [6.07, 6.45) is 1.84. The minimum atomic E-state index is -0.223. The molecule has 1 aromatic carbocycles. The smallest absolute Gasteiger partial charge is 0.0871 e. The molecule has 70 valence electrons. The molecule has 0 fully saturated rings. The Hall–Kier alpha value is -1.08. The fraction of sp³-hybridized carbons (Fsp3) is 0.333. The van der Waals surface area contributed by atoms with Gasteiger partial charge in [-0.3, -0.25) is 0 Å². The van der Waals surface area contributed by atoms with E-state index in [2.05, 4.69) is 32.6 Å². The molecular weight excluding hydrogens is 160 g/mol. The maximum Gasteiger partial charge on any atom is 0.0871 e. The van der Waals surface area contributed by atoms with Crippen LogP contribution in [0, 0.1) is 0 Å². The fourth-order valence-electron chi connectivity index (χ4n) is 1.16. The van der Waals surface area contributed by atoms with Gasteiger partial charge < -0.3 is 4.74 Å². The number of rotatable bonds is 3. The second-order valence-corrected chi connectivity index (χ2v) is 3.54. The SMILES string of the molecule is C=Cc1cccc(C(C)(C)OC)c1. The average Bonchev–Trinajstić information content (AvgIpc) is 2.18. The average molecular weight is 176 g/mol. The molecule has 0 saturated carbocycles. The van der Waals surface area contributed by atoms with Gasteiger partial charge in [0.2, 0.25) is 0 Å². The van der Waals surface area contributed by atoms with E-state index in [0.717, 1.165) is 5.56 Å². The van der Waals surface area contributed by atoms with Gasteiger partial charge in [-0.25, -0.2) is 0 Å². The molecule has 0 aliphatic rings. The lowest BCUT2D eigenvalue weighted by Crippen LogP contribution is -2.19. The molecule has 0 radical (unpaired) electrons. The zero-order valence-corrected chi connectivity index (χ0v) is 8.50. The normalized spacial score (nSPS) is 11.3. The molecule has 0 unspecified atom stereocenters. The van der Waals surface area contributed by atoms with Crippen LogP contribution in [0.25, 0.3) is 6.08 Å². The molecule has 13 heavy (non-hydrogen) atoms. The second-order valence-electron chi connectivity index (χ2n) is 3.54. The van der Waals surface area contributed by atoms with Gasteiger partial charge in [-0.1, -0.05) is 30.9 Å². The predicted molar refractivity (Wildman–Crippen MR) is 56.6 cm³/mol. The molecule has 0 aromatic heterocycles. The zero-order valence-electron chi connectivity index (χ0n) is 8.50. The molecule has 0 atom stereocenters. The zero-order chi connectivity index (χ0) is 9.90. The van der Waals surface area contributed by atoms with Gasteiger partial charge in [0.25, 0.3) is 0 Å². The molecule has 1 nitrogen and oxygen atoms in total. The predicted octanol–water partition coefficient (Wildman–Crippen LogP) is 3.21. The first-order chi connectivity index (χ1) is 6.10. The van der Waals surface area contributed by atoms with Crippen molar-refractivity contribution in [1.29, 1.82) is 0 Å². The van der Waals surface area contributed by atoms with Crippen LogP contribution in [0.2, 0.25) is 0 Å². The Balaban J connectivity index is 3.08. The van der Waals surface area contributed by atoms with E-state index >= 15 is 0 Å². The van der Waals surface area contributed by atoms with Gasteiger partial charge in [0, 0.05) is 7.11 Å². The maximum atomic E-state index is 5.39. The lowest BCUT2D eigenvalue weighted by molar-refractivity contribution is 0.0192. The van der Waals surface area contributed by atoms with Crippen LogP contribution in [0.1, 0.15) is 25.0 Å². The van der Waals surface area contributed by atoms with Crippen molar-refractivity contribution in [3.8, 4) is 0 Å². The first-order valence-electron chi connectivity index (χ1n) is 4.38. The summed E-state index contributed by atoms with van der Waals surface area (Å²) in [7, 11) is 1.72. The van der Waals surface area contributed by atoms with Crippen molar-refractivity contribution >= 4 is 6.08 Å². The monoisotopic (exact) mass is 176 g/mol. The highest BCUT2D eigenvalue weighted by Gasteiger charge is 2.18. The highest BCUT2D eigenvalue weighted by atomic mass is 16.5. The van der Waals surface area contributed by atoms with Crippen LogP contribution < -0.4 is 0 Å². The van der Waals surface area contributed by atoms with Crippen LogP contribution in [0.5, 0.6) is 0 Å². The first-order valence-corrected chi connectivity index (χ1v) is 4.38. The lowest BCUT2D eigenvalue weighted by atomic mass is 9.96. The van der Waals surface area contributed by atoms with Crippen molar-refractivity contribution in [2.45, 2.75) is 19.4 Å². The Morgan fingerprint density at radius 3 is 2.62 bits per heavy atom. The van der Waals surface area contributed by atoms with E-state index in [4.69, 9.17) is 4.74 Å². The number of benzene rings is 1. The molecule has 0 N–H and O–H groups in total. The van der Waals surface area contributed by atoms with Crippen molar-refractivity contribution in [2.24, 2.45) is 0 Å².